The molecule has 1 aromatic heterocycles. The zero-order valence-corrected chi connectivity index (χ0v) is 14.9. The van der Waals surface area contributed by atoms with Gasteiger partial charge in [-0.15, -0.1) is 0 Å². The summed E-state index contributed by atoms with van der Waals surface area (Å²) in [5.41, 5.74) is 0.341. The normalized spacial score (nSPS) is 15.9. The topological polar surface area (TPSA) is 77.7 Å². The second kappa shape index (κ2) is 8.90. The van der Waals surface area contributed by atoms with Gasteiger partial charge in [-0.25, -0.2) is 0 Å². The fraction of sp³-hybridized carbons (Fsp3) is 0.500. The van der Waals surface area contributed by atoms with E-state index in [9.17, 15) is 13.6 Å². The van der Waals surface area contributed by atoms with Gasteiger partial charge in [0.1, 0.15) is 5.75 Å². The van der Waals surface area contributed by atoms with Crippen molar-refractivity contribution in [3.05, 3.63) is 30.2 Å². The molecule has 0 radical (unpaired) electrons. The highest BCUT2D eigenvalue weighted by Crippen LogP contribution is 2.29. The lowest BCUT2D eigenvalue weighted by molar-refractivity contribution is -0.149. The third-order valence-electron chi connectivity index (χ3n) is 4.38. The highest BCUT2D eigenvalue weighted by Gasteiger charge is 2.27. The molecule has 1 fully saturated rings. The molecule has 0 bridgehead atoms. The molecule has 0 spiro atoms. The van der Waals surface area contributed by atoms with Crippen molar-refractivity contribution in [1.29, 1.82) is 0 Å². The van der Waals surface area contributed by atoms with Gasteiger partial charge >= 0.3 is 12.6 Å². The van der Waals surface area contributed by atoms with E-state index in [1.54, 1.807) is 25.1 Å². The summed E-state index contributed by atoms with van der Waals surface area (Å²) in [6.07, 6.45) is 1.43. The SMILES string of the molecule is CCOC(=O)C1CCN(Cc2nc(-c3ccccc3OC(F)F)no2)CC1. The molecule has 0 atom stereocenters. The van der Waals surface area contributed by atoms with Crippen LogP contribution in [0.2, 0.25) is 0 Å². The Labute approximate surface area is 155 Å². The number of carbonyl (C=O) groups excluding carboxylic acids is 1. The first-order valence-corrected chi connectivity index (χ1v) is 8.82. The maximum absolute atomic E-state index is 12.5. The number of hydrogen-bond acceptors (Lipinski definition) is 7. The van der Waals surface area contributed by atoms with E-state index in [-0.39, 0.29) is 23.5 Å². The molecular formula is C18H21F2N3O4. The molecule has 9 heteroatoms. The summed E-state index contributed by atoms with van der Waals surface area (Å²) in [7, 11) is 0. The Morgan fingerprint density at radius 2 is 2.07 bits per heavy atom. The molecule has 2 heterocycles. The zero-order valence-electron chi connectivity index (χ0n) is 14.9. The molecule has 1 aliphatic heterocycles. The molecule has 0 aliphatic carbocycles. The summed E-state index contributed by atoms with van der Waals surface area (Å²) in [4.78, 5) is 18.2. The first kappa shape index (κ1) is 19.2. The number of rotatable bonds is 7. The van der Waals surface area contributed by atoms with Gasteiger partial charge in [0.15, 0.2) is 0 Å². The van der Waals surface area contributed by atoms with Gasteiger partial charge in [-0.05, 0) is 45.0 Å². The predicted molar refractivity (Wildman–Crippen MR) is 91.0 cm³/mol. The van der Waals surface area contributed by atoms with Crippen LogP contribution >= 0.6 is 0 Å². The summed E-state index contributed by atoms with van der Waals surface area (Å²) < 4.78 is 39.9. The van der Waals surface area contributed by atoms with Crippen molar-refractivity contribution in [3.63, 3.8) is 0 Å². The van der Waals surface area contributed by atoms with E-state index >= 15 is 0 Å². The fourth-order valence-electron chi connectivity index (χ4n) is 3.06. The maximum Gasteiger partial charge on any atom is 0.387 e. The van der Waals surface area contributed by atoms with E-state index in [1.807, 2.05) is 0 Å². The summed E-state index contributed by atoms with van der Waals surface area (Å²) in [6.45, 7) is 1.11. The van der Waals surface area contributed by atoms with E-state index in [4.69, 9.17) is 9.26 Å². The van der Waals surface area contributed by atoms with Crippen molar-refractivity contribution in [2.24, 2.45) is 5.92 Å². The molecule has 0 saturated carbocycles. The second-order valence-corrected chi connectivity index (χ2v) is 6.19. The summed E-state index contributed by atoms with van der Waals surface area (Å²) in [5, 5.41) is 3.88. The lowest BCUT2D eigenvalue weighted by Crippen LogP contribution is -2.36. The van der Waals surface area contributed by atoms with Crippen molar-refractivity contribution in [2.45, 2.75) is 32.9 Å². The monoisotopic (exact) mass is 381 g/mol. The smallest absolute Gasteiger partial charge is 0.387 e. The largest absolute Gasteiger partial charge is 0.466 e. The number of para-hydroxylation sites is 1. The lowest BCUT2D eigenvalue weighted by atomic mass is 9.97. The Morgan fingerprint density at radius 1 is 1.33 bits per heavy atom. The average molecular weight is 381 g/mol. The number of likely N-dealkylation sites (tertiary alicyclic amines) is 1. The molecule has 1 saturated heterocycles. The minimum absolute atomic E-state index is 0.00454. The second-order valence-electron chi connectivity index (χ2n) is 6.19. The van der Waals surface area contributed by atoms with Crippen molar-refractivity contribution in [1.82, 2.24) is 15.0 Å². The van der Waals surface area contributed by atoms with Crippen LogP contribution in [0.25, 0.3) is 11.4 Å². The Morgan fingerprint density at radius 3 is 2.78 bits per heavy atom. The van der Waals surface area contributed by atoms with Crippen LogP contribution < -0.4 is 4.74 Å². The first-order valence-electron chi connectivity index (χ1n) is 8.82. The van der Waals surface area contributed by atoms with Gasteiger partial charge in [0, 0.05) is 0 Å². The van der Waals surface area contributed by atoms with Crippen LogP contribution in [0.5, 0.6) is 5.75 Å². The molecular weight excluding hydrogens is 360 g/mol. The van der Waals surface area contributed by atoms with E-state index in [1.165, 1.54) is 6.07 Å². The molecule has 1 aromatic carbocycles. The number of esters is 1. The summed E-state index contributed by atoms with van der Waals surface area (Å²) in [5.74, 6) is 0.356. The number of halogens is 2. The molecule has 27 heavy (non-hydrogen) atoms. The molecule has 1 aliphatic rings. The Hall–Kier alpha value is -2.55. The molecule has 146 valence electrons. The van der Waals surface area contributed by atoms with Crippen molar-refractivity contribution < 1.29 is 27.6 Å². The highest BCUT2D eigenvalue weighted by atomic mass is 19.3. The zero-order chi connectivity index (χ0) is 19.2. The van der Waals surface area contributed by atoms with Crippen molar-refractivity contribution in [2.75, 3.05) is 19.7 Å². The number of aromatic nitrogens is 2. The van der Waals surface area contributed by atoms with Crippen molar-refractivity contribution in [3.8, 4) is 17.1 Å². The van der Waals surface area contributed by atoms with Crippen LogP contribution in [0.15, 0.2) is 28.8 Å². The van der Waals surface area contributed by atoms with Gasteiger partial charge in [0.25, 0.3) is 0 Å². The Kier molecular flexibility index (Phi) is 6.33. The van der Waals surface area contributed by atoms with Crippen LogP contribution in [0, 0.1) is 5.92 Å². The standard InChI is InChI=1S/C18H21F2N3O4/c1-2-25-17(24)12-7-9-23(10-8-12)11-15-21-16(22-27-15)13-5-3-4-6-14(13)26-18(19)20/h3-6,12,18H,2,7-11H2,1H3. The quantitative estimate of drug-likeness (QED) is 0.682. The average Bonchev–Trinajstić information content (AvgIpc) is 3.11. The Bertz CT molecular complexity index is 761. The maximum atomic E-state index is 12.5. The predicted octanol–water partition coefficient (Wildman–Crippen LogP) is 3.11. The molecule has 0 N–H and O–H groups in total. The van der Waals surface area contributed by atoms with Gasteiger partial charge in [-0.2, -0.15) is 13.8 Å². The third-order valence-corrected chi connectivity index (χ3v) is 4.38. The molecule has 0 unspecified atom stereocenters. The van der Waals surface area contributed by atoms with Crippen LogP contribution in [0.3, 0.4) is 0 Å². The Balaban J connectivity index is 1.60. The number of benzene rings is 1. The fourth-order valence-corrected chi connectivity index (χ4v) is 3.06. The van der Waals surface area contributed by atoms with Crippen LogP contribution in [0.1, 0.15) is 25.7 Å². The minimum Gasteiger partial charge on any atom is -0.466 e. The number of carbonyl (C=O) groups is 1. The number of alkyl halides is 2. The molecule has 7 nitrogen and oxygen atoms in total. The van der Waals surface area contributed by atoms with Crippen LogP contribution in [-0.4, -0.2) is 47.3 Å². The third kappa shape index (κ3) is 5.00. The number of nitrogens with zero attached hydrogens (tertiary/aromatic N) is 3. The number of piperidine rings is 1. The van der Waals surface area contributed by atoms with Gasteiger partial charge in [0.2, 0.25) is 11.7 Å². The molecule has 2 aromatic rings. The van der Waals surface area contributed by atoms with E-state index in [0.717, 1.165) is 0 Å². The number of ether oxygens (including phenoxy) is 2. The van der Waals surface area contributed by atoms with Gasteiger partial charge < -0.3 is 14.0 Å². The molecule has 0 amide bonds. The van der Waals surface area contributed by atoms with Gasteiger partial charge in [0.05, 0.1) is 24.6 Å². The van der Waals surface area contributed by atoms with E-state index in [2.05, 4.69) is 19.8 Å². The highest BCUT2D eigenvalue weighted by molar-refractivity contribution is 5.72. The summed E-state index contributed by atoms with van der Waals surface area (Å²) in [6, 6.07) is 6.30. The van der Waals surface area contributed by atoms with E-state index < -0.39 is 6.61 Å². The molecule has 3 rings (SSSR count). The first-order chi connectivity index (χ1) is 13.1. The number of hydrogen-bond donors (Lipinski definition) is 0. The van der Waals surface area contributed by atoms with Gasteiger partial charge in [-0.3, -0.25) is 9.69 Å². The van der Waals surface area contributed by atoms with Crippen LogP contribution in [-0.2, 0) is 16.1 Å². The van der Waals surface area contributed by atoms with E-state index in [0.29, 0.717) is 50.5 Å². The van der Waals surface area contributed by atoms with Crippen molar-refractivity contribution >= 4 is 5.97 Å². The van der Waals surface area contributed by atoms with Crippen LogP contribution in [0.4, 0.5) is 8.78 Å². The minimum atomic E-state index is -2.93. The van der Waals surface area contributed by atoms with Gasteiger partial charge in [-0.1, -0.05) is 17.3 Å². The summed E-state index contributed by atoms with van der Waals surface area (Å²) >= 11 is 0. The lowest BCUT2D eigenvalue weighted by Gasteiger charge is -2.29.